The molecule has 0 bridgehead atoms. The van der Waals surface area contributed by atoms with Crippen molar-refractivity contribution >= 4 is 23.0 Å². The number of anilines is 1. The van der Waals surface area contributed by atoms with Gasteiger partial charge in [0.2, 0.25) is 0 Å². The molecule has 1 fully saturated rings. The minimum absolute atomic E-state index is 0.417. The summed E-state index contributed by atoms with van der Waals surface area (Å²) in [4.78, 5) is 6.94. The summed E-state index contributed by atoms with van der Waals surface area (Å²) in [5, 5.41) is 10.9. The van der Waals surface area contributed by atoms with Crippen molar-refractivity contribution in [2.75, 3.05) is 38.0 Å². The first-order chi connectivity index (χ1) is 16.1. The lowest BCUT2D eigenvalue weighted by atomic mass is 9.93. The summed E-state index contributed by atoms with van der Waals surface area (Å²) in [5.74, 6) is 1.06. The largest absolute Gasteiger partial charge is 0.385 e. The monoisotopic (exact) mass is 446 g/mol. The number of aliphatic imine (C=N–C) groups is 1. The molecule has 5 N–H and O–H groups in total. The van der Waals surface area contributed by atoms with E-state index < -0.39 is 0 Å². The third kappa shape index (κ3) is 6.08. The molecule has 2 unspecified atom stereocenters. The molecule has 2 heterocycles. The number of allylic oxidation sites excluding steroid dienone is 1. The van der Waals surface area contributed by atoms with Gasteiger partial charge in [0.05, 0.1) is 5.69 Å². The summed E-state index contributed by atoms with van der Waals surface area (Å²) >= 11 is 0. The highest BCUT2D eigenvalue weighted by atomic mass is 15.3. The zero-order chi connectivity index (χ0) is 23.0. The van der Waals surface area contributed by atoms with Gasteiger partial charge in [-0.1, -0.05) is 43.3 Å². The fourth-order valence-electron chi connectivity index (χ4n) is 4.72. The van der Waals surface area contributed by atoms with Gasteiger partial charge in [-0.15, -0.1) is 0 Å². The Balaban J connectivity index is 1.62. The Kier molecular flexibility index (Phi) is 7.89. The molecule has 4 rings (SSSR count). The highest BCUT2D eigenvalue weighted by Crippen LogP contribution is 2.31. The molecule has 2 aliphatic rings. The topological polar surface area (TPSA) is 77.7 Å². The van der Waals surface area contributed by atoms with Gasteiger partial charge in [-0.05, 0) is 49.9 Å². The van der Waals surface area contributed by atoms with Gasteiger partial charge in [-0.3, -0.25) is 0 Å². The molecule has 2 aromatic carbocycles. The van der Waals surface area contributed by atoms with Crippen molar-refractivity contribution in [2.24, 2.45) is 10.7 Å². The first kappa shape index (κ1) is 23.2. The van der Waals surface area contributed by atoms with E-state index in [-0.39, 0.29) is 0 Å². The van der Waals surface area contributed by atoms with Crippen molar-refractivity contribution in [3.8, 4) is 0 Å². The van der Waals surface area contributed by atoms with Crippen molar-refractivity contribution in [1.82, 2.24) is 15.5 Å². The van der Waals surface area contributed by atoms with Crippen molar-refractivity contribution in [3.63, 3.8) is 0 Å². The van der Waals surface area contributed by atoms with Crippen LogP contribution in [0, 0.1) is 0 Å². The average Bonchev–Trinajstić information content (AvgIpc) is 2.83. The average molecular weight is 447 g/mol. The van der Waals surface area contributed by atoms with E-state index in [9.17, 15) is 0 Å². The lowest BCUT2D eigenvalue weighted by Crippen LogP contribution is -2.53. The van der Waals surface area contributed by atoms with Crippen LogP contribution in [0.4, 0.5) is 11.4 Å². The first-order valence-electron chi connectivity index (χ1n) is 12.3. The van der Waals surface area contributed by atoms with Crippen molar-refractivity contribution in [3.05, 3.63) is 65.7 Å². The number of benzene rings is 2. The Hall–Kier alpha value is -2.99. The van der Waals surface area contributed by atoms with Crippen LogP contribution in [-0.2, 0) is 0 Å². The molecule has 2 aromatic rings. The van der Waals surface area contributed by atoms with Crippen LogP contribution in [0.15, 0.2) is 59.6 Å². The van der Waals surface area contributed by atoms with Gasteiger partial charge in [0, 0.05) is 61.6 Å². The Morgan fingerprint density at radius 1 is 1.15 bits per heavy atom. The Bertz CT molecular complexity index is 968. The van der Waals surface area contributed by atoms with Crippen molar-refractivity contribution in [1.29, 1.82) is 0 Å². The lowest BCUT2D eigenvalue weighted by Gasteiger charge is -2.32. The molecule has 1 saturated heterocycles. The third-order valence-corrected chi connectivity index (χ3v) is 6.49. The van der Waals surface area contributed by atoms with Crippen molar-refractivity contribution in [2.45, 2.75) is 45.1 Å². The van der Waals surface area contributed by atoms with Crippen LogP contribution in [0.2, 0.25) is 0 Å². The SMILES string of the molecule is CC/C=C1\NCCCC(c2ccccc2)CNc2cc(N=C(N)N3CCNC(C)C3)ccc21. The van der Waals surface area contributed by atoms with E-state index in [1.807, 2.05) is 0 Å². The van der Waals surface area contributed by atoms with Gasteiger partial charge in [-0.2, -0.15) is 0 Å². The zero-order valence-corrected chi connectivity index (χ0v) is 20.0. The van der Waals surface area contributed by atoms with Crippen LogP contribution in [-0.4, -0.2) is 49.6 Å². The predicted molar refractivity (Wildman–Crippen MR) is 140 cm³/mol. The van der Waals surface area contributed by atoms with Gasteiger partial charge >= 0.3 is 0 Å². The van der Waals surface area contributed by atoms with Gasteiger partial charge in [-0.25, -0.2) is 4.99 Å². The zero-order valence-electron chi connectivity index (χ0n) is 20.0. The van der Waals surface area contributed by atoms with Crippen LogP contribution >= 0.6 is 0 Å². The van der Waals surface area contributed by atoms with Crippen molar-refractivity contribution < 1.29 is 0 Å². The number of guanidine groups is 1. The molecule has 0 saturated carbocycles. The van der Waals surface area contributed by atoms with Crippen LogP contribution in [0.5, 0.6) is 0 Å². The molecule has 0 spiro atoms. The highest BCUT2D eigenvalue weighted by Gasteiger charge is 2.18. The van der Waals surface area contributed by atoms with E-state index in [1.54, 1.807) is 0 Å². The number of nitrogens with zero attached hydrogens (tertiary/aromatic N) is 2. The fourth-order valence-corrected chi connectivity index (χ4v) is 4.72. The molecule has 0 aliphatic carbocycles. The number of fused-ring (bicyclic) bond motifs is 1. The lowest BCUT2D eigenvalue weighted by molar-refractivity contribution is 0.301. The van der Waals surface area contributed by atoms with E-state index in [1.165, 1.54) is 16.8 Å². The van der Waals surface area contributed by atoms with Crippen LogP contribution in [0.3, 0.4) is 0 Å². The molecule has 2 atom stereocenters. The fraction of sp³-hybridized carbons (Fsp3) is 0.444. The molecule has 0 aromatic heterocycles. The normalized spacial score (nSPS) is 23.4. The summed E-state index contributed by atoms with van der Waals surface area (Å²) in [5.41, 5.74) is 12.2. The maximum atomic E-state index is 6.40. The number of hydrogen-bond acceptors (Lipinski definition) is 4. The van der Waals surface area contributed by atoms with Crippen LogP contribution in [0.25, 0.3) is 5.70 Å². The smallest absolute Gasteiger partial charge is 0.196 e. The van der Waals surface area contributed by atoms with E-state index in [0.717, 1.165) is 63.4 Å². The maximum absolute atomic E-state index is 6.40. The van der Waals surface area contributed by atoms with E-state index in [2.05, 4.69) is 89.3 Å². The molecular formula is C27H38N6. The Morgan fingerprint density at radius 3 is 2.79 bits per heavy atom. The first-order valence-corrected chi connectivity index (χ1v) is 12.3. The van der Waals surface area contributed by atoms with E-state index in [0.29, 0.717) is 17.9 Å². The summed E-state index contributed by atoms with van der Waals surface area (Å²) in [7, 11) is 0. The maximum Gasteiger partial charge on any atom is 0.196 e. The second kappa shape index (κ2) is 11.2. The summed E-state index contributed by atoms with van der Waals surface area (Å²) in [6.45, 7) is 8.93. The standard InChI is InChI=1S/C27H38N6/c1-3-8-25-24-13-12-23(32-27(28)33-16-15-29-20(2)19-33)17-26(24)31-18-22(11-7-14-30-25)21-9-5-4-6-10-21/h4-6,8-10,12-13,17,20,22,29-31H,3,7,11,14-16,18-19H2,1-2H3,(H2,28,32)/b25-8-. The van der Waals surface area contributed by atoms with Gasteiger partial charge in [0.15, 0.2) is 5.96 Å². The number of rotatable bonds is 3. The van der Waals surface area contributed by atoms with Crippen LogP contribution < -0.4 is 21.7 Å². The third-order valence-electron chi connectivity index (χ3n) is 6.49. The second-order valence-electron chi connectivity index (χ2n) is 9.08. The van der Waals surface area contributed by atoms with Gasteiger partial charge < -0.3 is 26.6 Å². The molecule has 6 nitrogen and oxygen atoms in total. The van der Waals surface area contributed by atoms with E-state index >= 15 is 0 Å². The molecule has 0 amide bonds. The molecule has 6 heteroatoms. The highest BCUT2D eigenvalue weighted by molar-refractivity contribution is 5.83. The molecule has 0 radical (unpaired) electrons. The Morgan fingerprint density at radius 2 is 2.00 bits per heavy atom. The minimum atomic E-state index is 0.417. The molecule has 176 valence electrons. The minimum Gasteiger partial charge on any atom is -0.385 e. The predicted octanol–water partition coefficient (Wildman–Crippen LogP) is 4.26. The molecule has 2 aliphatic heterocycles. The summed E-state index contributed by atoms with van der Waals surface area (Å²) in [6, 6.07) is 17.6. The number of nitrogens with one attached hydrogen (secondary N) is 3. The Labute approximate surface area is 198 Å². The molecule has 33 heavy (non-hydrogen) atoms. The van der Waals surface area contributed by atoms with Crippen LogP contribution in [0.1, 0.15) is 50.2 Å². The number of piperazine rings is 1. The van der Waals surface area contributed by atoms with Gasteiger partial charge in [0.25, 0.3) is 0 Å². The quantitative estimate of drug-likeness (QED) is 0.419. The molecular weight excluding hydrogens is 408 g/mol. The van der Waals surface area contributed by atoms with E-state index in [4.69, 9.17) is 10.7 Å². The van der Waals surface area contributed by atoms with Gasteiger partial charge in [0.1, 0.15) is 0 Å². The summed E-state index contributed by atoms with van der Waals surface area (Å²) in [6.07, 6.45) is 5.54. The second-order valence-corrected chi connectivity index (χ2v) is 9.08. The summed E-state index contributed by atoms with van der Waals surface area (Å²) < 4.78 is 0. The number of hydrogen-bond donors (Lipinski definition) is 4. The number of nitrogens with two attached hydrogens (primary N) is 1.